The maximum atomic E-state index is 12.2. The molecule has 0 amide bonds. The van der Waals surface area contributed by atoms with Crippen LogP contribution in [0.5, 0.6) is 11.5 Å². The molecule has 3 N–H and O–H groups in total. The van der Waals surface area contributed by atoms with E-state index in [0.29, 0.717) is 16.8 Å². The van der Waals surface area contributed by atoms with Gasteiger partial charge in [0.2, 0.25) is 5.60 Å². The number of nitriles is 1. The lowest BCUT2D eigenvalue weighted by Crippen LogP contribution is -2.26. The van der Waals surface area contributed by atoms with Gasteiger partial charge in [-0.2, -0.15) is 5.26 Å². The van der Waals surface area contributed by atoms with Gasteiger partial charge in [-0.3, -0.25) is 0 Å². The number of methoxy groups -OCH3 is 2. The Labute approximate surface area is 274 Å². The molecule has 0 aliphatic rings. The number of benzene rings is 6. The van der Waals surface area contributed by atoms with Crippen LogP contribution in [0.3, 0.4) is 0 Å². The van der Waals surface area contributed by atoms with Gasteiger partial charge in [-0.15, -0.1) is 0 Å². The summed E-state index contributed by atoms with van der Waals surface area (Å²) in [6.45, 7) is 0.00455. The zero-order valence-electron chi connectivity index (χ0n) is 26.1. The van der Waals surface area contributed by atoms with Crippen LogP contribution in [-0.4, -0.2) is 24.4 Å². The maximum absolute atomic E-state index is 12.2. The minimum atomic E-state index is -1.96. The van der Waals surface area contributed by atoms with Crippen molar-refractivity contribution in [3.05, 3.63) is 156 Å². The SMILES string of the molecule is COc1ccc(-c2ccc(C(O)(C#N)c3cc(-c4ccc(OC)cc4)ccc3Nc3ccc(-c4ccc(CO)cc4)cc3)cc2)cc1. The molecule has 1 unspecified atom stereocenters. The Balaban J connectivity index is 1.37. The summed E-state index contributed by atoms with van der Waals surface area (Å²) >= 11 is 0. The molecule has 6 aromatic carbocycles. The molecule has 0 aliphatic heterocycles. The normalized spacial score (nSPS) is 12.1. The third-order valence-electron chi connectivity index (χ3n) is 8.35. The van der Waals surface area contributed by atoms with Gasteiger partial charge in [-0.25, -0.2) is 0 Å². The predicted molar refractivity (Wildman–Crippen MR) is 187 cm³/mol. The standard InChI is InChI=1S/C41H34N2O4/c1-46-37-20-11-32(12-21-37)30-7-16-35(17-8-30)41(45,27-42)39-25-34(33-13-22-38(47-2)23-14-33)15-24-40(39)43-36-18-9-31(10-19-36)29-5-3-28(26-44)4-6-29/h3-25,43-45H,26H2,1-2H3. The Kier molecular flexibility index (Phi) is 9.03. The summed E-state index contributed by atoms with van der Waals surface area (Å²) in [5, 5.41) is 35.6. The Morgan fingerprint density at radius 1 is 0.596 bits per heavy atom. The molecule has 0 bridgehead atoms. The van der Waals surface area contributed by atoms with E-state index >= 15 is 0 Å². The lowest BCUT2D eigenvalue weighted by Gasteiger charge is -2.26. The van der Waals surface area contributed by atoms with Crippen molar-refractivity contribution in [1.82, 2.24) is 0 Å². The molecule has 0 radical (unpaired) electrons. The fourth-order valence-electron chi connectivity index (χ4n) is 5.59. The number of nitrogens with zero attached hydrogens (tertiary/aromatic N) is 1. The van der Waals surface area contributed by atoms with Crippen LogP contribution in [-0.2, 0) is 12.2 Å². The molecule has 6 nitrogen and oxygen atoms in total. The number of aliphatic hydroxyl groups excluding tert-OH is 1. The number of rotatable bonds is 10. The first-order chi connectivity index (χ1) is 22.9. The molecule has 0 fully saturated rings. The Morgan fingerprint density at radius 2 is 1.02 bits per heavy atom. The van der Waals surface area contributed by atoms with E-state index in [1.165, 1.54) is 0 Å². The molecule has 0 saturated carbocycles. The number of anilines is 2. The van der Waals surface area contributed by atoms with Crippen molar-refractivity contribution >= 4 is 11.4 Å². The molecule has 47 heavy (non-hydrogen) atoms. The van der Waals surface area contributed by atoms with Gasteiger partial charge < -0.3 is 25.0 Å². The minimum absolute atomic E-state index is 0.00455. The highest BCUT2D eigenvalue weighted by Crippen LogP contribution is 2.39. The quantitative estimate of drug-likeness (QED) is 0.133. The van der Waals surface area contributed by atoms with Crippen molar-refractivity contribution in [2.75, 3.05) is 19.5 Å². The number of aliphatic hydroxyl groups is 2. The van der Waals surface area contributed by atoms with E-state index in [-0.39, 0.29) is 6.61 Å². The second kappa shape index (κ2) is 13.6. The van der Waals surface area contributed by atoms with Crippen LogP contribution in [0.4, 0.5) is 11.4 Å². The average Bonchev–Trinajstić information content (AvgIpc) is 3.15. The zero-order valence-corrected chi connectivity index (χ0v) is 26.1. The Bertz CT molecular complexity index is 2000. The topological polar surface area (TPSA) is 94.7 Å². The molecule has 232 valence electrons. The number of hydrogen-bond donors (Lipinski definition) is 3. The summed E-state index contributed by atoms with van der Waals surface area (Å²) in [6, 6.07) is 46.5. The van der Waals surface area contributed by atoms with E-state index in [0.717, 1.165) is 56.1 Å². The van der Waals surface area contributed by atoms with E-state index in [1.807, 2.05) is 127 Å². The molecule has 0 spiro atoms. The number of hydrogen-bond acceptors (Lipinski definition) is 6. The highest BCUT2D eigenvalue weighted by Gasteiger charge is 2.35. The van der Waals surface area contributed by atoms with Gasteiger partial charge in [0.15, 0.2) is 0 Å². The summed E-state index contributed by atoms with van der Waals surface area (Å²) in [5.74, 6) is 1.51. The molecule has 0 saturated heterocycles. The van der Waals surface area contributed by atoms with Gasteiger partial charge in [0.25, 0.3) is 0 Å². The minimum Gasteiger partial charge on any atom is -0.497 e. The van der Waals surface area contributed by atoms with E-state index in [1.54, 1.807) is 26.4 Å². The van der Waals surface area contributed by atoms with Gasteiger partial charge >= 0.3 is 0 Å². The van der Waals surface area contributed by atoms with E-state index < -0.39 is 5.60 Å². The summed E-state index contributed by atoms with van der Waals surface area (Å²) < 4.78 is 10.6. The summed E-state index contributed by atoms with van der Waals surface area (Å²) in [6.07, 6.45) is 0. The predicted octanol–water partition coefficient (Wildman–Crippen LogP) is 8.70. The lowest BCUT2D eigenvalue weighted by atomic mass is 9.84. The number of nitrogens with one attached hydrogen (secondary N) is 1. The first-order valence-corrected chi connectivity index (χ1v) is 15.2. The molecule has 1 atom stereocenters. The van der Waals surface area contributed by atoms with Gasteiger partial charge in [0.05, 0.1) is 20.8 Å². The van der Waals surface area contributed by atoms with E-state index in [4.69, 9.17) is 9.47 Å². The first-order valence-electron chi connectivity index (χ1n) is 15.2. The second-order valence-electron chi connectivity index (χ2n) is 11.2. The average molecular weight is 619 g/mol. The van der Waals surface area contributed by atoms with Crippen LogP contribution in [0.25, 0.3) is 33.4 Å². The molecule has 0 aliphatic carbocycles. The van der Waals surface area contributed by atoms with Crippen molar-refractivity contribution in [2.24, 2.45) is 0 Å². The first kappa shape index (κ1) is 31.1. The largest absolute Gasteiger partial charge is 0.497 e. The lowest BCUT2D eigenvalue weighted by molar-refractivity contribution is 0.143. The van der Waals surface area contributed by atoms with Gasteiger partial charge in [-0.1, -0.05) is 91.0 Å². The second-order valence-corrected chi connectivity index (χ2v) is 11.2. The third kappa shape index (κ3) is 6.58. The van der Waals surface area contributed by atoms with Crippen LogP contribution >= 0.6 is 0 Å². The molecular formula is C41H34N2O4. The zero-order chi connectivity index (χ0) is 32.8. The van der Waals surface area contributed by atoms with Crippen molar-refractivity contribution < 1.29 is 19.7 Å². The van der Waals surface area contributed by atoms with Crippen molar-refractivity contribution in [1.29, 1.82) is 5.26 Å². The molecular weight excluding hydrogens is 584 g/mol. The molecule has 0 aromatic heterocycles. The maximum Gasteiger partial charge on any atom is 0.204 e. The van der Waals surface area contributed by atoms with E-state index in [9.17, 15) is 15.5 Å². The summed E-state index contributed by atoms with van der Waals surface area (Å²) in [4.78, 5) is 0. The monoisotopic (exact) mass is 618 g/mol. The van der Waals surface area contributed by atoms with Gasteiger partial charge in [-0.05, 0) is 87.5 Å². The van der Waals surface area contributed by atoms with E-state index in [2.05, 4.69) is 11.4 Å². The smallest absolute Gasteiger partial charge is 0.204 e. The fraction of sp³-hybridized carbons (Fsp3) is 0.0976. The molecule has 6 rings (SSSR count). The molecule has 6 heteroatoms. The Hall–Kier alpha value is -5.87. The van der Waals surface area contributed by atoms with Crippen LogP contribution in [0.15, 0.2) is 140 Å². The van der Waals surface area contributed by atoms with Crippen LogP contribution in [0, 0.1) is 11.3 Å². The third-order valence-corrected chi connectivity index (χ3v) is 8.35. The van der Waals surface area contributed by atoms with Crippen LogP contribution < -0.4 is 14.8 Å². The summed E-state index contributed by atoms with van der Waals surface area (Å²) in [5.41, 5.74) is 6.96. The molecule has 6 aromatic rings. The van der Waals surface area contributed by atoms with Crippen molar-refractivity contribution in [2.45, 2.75) is 12.2 Å². The van der Waals surface area contributed by atoms with Gasteiger partial charge in [0, 0.05) is 22.5 Å². The highest BCUT2D eigenvalue weighted by atomic mass is 16.5. The van der Waals surface area contributed by atoms with Crippen molar-refractivity contribution in [3.63, 3.8) is 0 Å². The van der Waals surface area contributed by atoms with Crippen LogP contribution in [0.2, 0.25) is 0 Å². The summed E-state index contributed by atoms with van der Waals surface area (Å²) in [7, 11) is 3.26. The van der Waals surface area contributed by atoms with Crippen molar-refractivity contribution in [3.8, 4) is 50.9 Å². The molecule has 0 heterocycles. The Morgan fingerprint density at radius 3 is 1.49 bits per heavy atom. The fourth-order valence-corrected chi connectivity index (χ4v) is 5.59. The highest BCUT2D eigenvalue weighted by molar-refractivity contribution is 5.76. The van der Waals surface area contributed by atoms with Gasteiger partial charge in [0.1, 0.15) is 17.6 Å². The van der Waals surface area contributed by atoms with Crippen LogP contribution in [0.1, 0.15) is 16.7 Å². The number of ether oxygens (including phenoxy) is 2.